The van der Waals surface area contributed by atoms with Crippen LogP contribution >= 0.6 is 0 Å². The molecule has 0 aliphatic carbocycles. The Balaban J connectivity index is 2.78. The minimum absolute atomic E-state index is 0.0234. The molecule has 1 rings (SSSR count). The van der Waals surface area contributed by atoms with Crippen molar-refractivity contribution in [3.63, 3.8) is 0 Å². The molecule has 8 heteroatoms. The Morgan fingerprint density at radius 1 is 1.40 bits per heavy atom. The Labute approximate surface area is 118 Å². The van der Waals surface area contributed by atoms with E-state index in [-0.39, 0.29) is 12.3 Å². The van der Waals surface area contributed by atoms with Crippen molar-refractivity contribution in [2.45, 2.75) is 32.1 Å². The van der Waals surface area contributed by atoms with Gasteiger partial charge in [-0.05, 0) is 20.8 Å². The molecule has 0 spiro atoms. The first kappa shape index (κ1) is 16.6. The van der Waals surface area contributed by atoms with E-state index in [1.54, 1.807) is 20.8 Å². The van der Waals surface area contributed by atoms with E-state index in [9.17, 15) is 13.2 Å². The minimum atomic E-state index is -3.28. The normalized spacial score (nSPS) is 12.4. The van der Waals surface area contributed by atoms with Crippen molar-refractivity contribution < 1.29 is 13.2 Å². The summed E-state index contributed by atoms with van der Waals surface area (Å²) >= 11 is 0. The molecule has 0 aromatic carbocycles. The molecule has 1 aromatic heterocycles. The average Bonchev–Trinajstić information content (AvgIpc) is 2.33. The lowest BCUT2D eigenvalue weighted by Gasteiger charge is -2.19. The standard InChI is InChI=1S/C12H21N3O4S/c1-12(2,3)20(17,18)7-5-15-11(16)8-10(9-14-15)19-6-4-13/h8-9H,4-7,13H2,1-3H3. The van der Waals surface area contributed by atoms with Crippen molar-refractivity contribution in [2.75, 3.05) is 18.9 Å². The third-order valence-corrected chi connectivity index (χ3v) is 5.32. The Kier molecular flexibility index (Phi) is 5.29. The SMILES string of the molecule is CC(C)(C)S(=O)(=O)CCn1ncc(OCCN)cc1=O. The number of sulfone groups is 1. The Morgan fingerprint density at radius 3 is 2.55 bits per heavy atom. The molecule has 2 N–H and O–H groups in total. The molecule has 0 saturated carbocycles. The summed E-state index contributed by atoms with van der Waals surface area (Å²) in [5.74, 6) is 0.197. The summed E-state index contributed by atoms with van der Waals surface area (Å²) in [5, 5.41) is 3.89. The Bertz CT molecular complexity index is 602. The van der Waals surface area contributed by atoms with Crippen LogP contribution in [0.3, 0.4) is 0 Å². The molecule has 0 amide bonds. The number of nitrogens with zero attached hydrogens (tertiary/aromatic N) is 2. The van der Waals surface area contributed by atoms with Gasteiger partial charge in [0.25, 0.3) is 5.56 Å². The summed E-state index contributed by atoms with van der Waals surface area (Å²) in [5.41, 5.74) is 4.89. The topological polar surface area (TPSA) is 104 Å². The number of ether oxygens (including phenoxy) is 1. The molecule has 0 saturated heterocycles. The number of rotatable bonds is 6. The van der Waals surface area contributed by atoms with Gasteiger partial charge in [0.05, 0.1) is 23.2 Å². The zero-order valence-electron chi connectivity index (χ0n) is 12.0. The molecule has 0 atom stereocenters. The monoisotopic (exact) mass is 303 g/mol. The summed E-state index contributed by atoms with van der Waals surface area (Å²) in [4.78, 5) is 11.8. The van der Waals surface area contributed by atoms with Gasteiger partial charge in [-0.15, -0.1) is 0 Å². The van der Waals surface area contributed by atoms with E-state index < -0.39 is 20.1 Å². The largest absolute Gasteiger partial charge is 0.490 e. The highest BCUT2D eigenvalue weighted by atomic mass is 32.2. The first-order chi connectivity index (χ1) is 9.17. The number of aryl methyl sites for hydroxylation is 1. The van der Waals surface area contributed by atoms with E-state index in [0.717, 1.165) is 4.68 Å². The molecule has 114 valence electrons. The molecule has 1 heterocycles. The first-order valence-corrected chi connectivity index (χ1v) is 7.95. The van der Waals surface area contributed by atoms with Crippen molar-refractivity contribution in [2.24, 2.45) is 5.73 Å². The second-order valence-electron chi connectivity index (χ2n) is 5.32. The summed E-state index contributed by atoms with van der Waals surface area (Å²) in [6.45, 7) is 5.54. The van der Waals surface area contributed by atoms with Gasteiger partial charge in [0, 0.05) is 12.6 Å². The second-order valence-corrected chi connectivity index (χ2v) is 8.18. The zero-order valence-corrected chi connectivity index (χ0v) is 12.8. The molecule has 0 radical (unpaired) electrons. The summed E-state index contributed by atoms with van der Waals surface area (Å²) in [6, 6.07) is 1.27. The maximum absolute atomic E-state index is 12.0. The Morgan fingerprint density at radius 2 is 2.05 bits per heavy atom. The quantitative estimate of drug-likeness (QED) is 0.780. The molecule has 20 heavy (non-hydrogen) atoms. The van der Waals surface area contributed by atoms with Gasteiger partial charge >= 0.3 is 0 Å². The molecular formula is C12H21N3O4S. The highest BCUT2D eigenvalue weighted by Gasteiger charge is 2.28. The molecule has 0 fully saturated rings. The van der Waals surface area contributed by atoms with Crippen LogP contribution in [0.15, 0.2) is 17.1 Å². The van der Waals surface area contributed by atoms with Crippen molar-refractivity contribution in [3.8, 4) is 5.75 Å². The second kappa shape index (κ2) is 6.36. The van der Waals surface area contributed by atoms with Gasteiger partial charge in [0.15, 0.2) is 9.84 Å². The molecule has 0 bridgehead atoms. The summed E-state index contributed by atoms with van der Waals surface area (Å²) in [7, 11) is -3.28. The van der Waals surface area contributed by atoms with E-state index in [0.29, 0.717) is 18.9 Å². The van der Waals surface area contributed by atoms with Gasteiger partial charge in [-0.25, -0.2) is 13.1 Å². The molecule has 1 aromatic rings. The maximum atomic E-state index is 12.0. The lowest BCUT2D eigenvalue weighted by Crippen LogP contribution is -2.34. The molecular weight excluding hydrogens is 282 g/mol. The van der Waals surface area contributed by atoms with E-state index in [1.807, 2.05) is 0 Å². The van der Waals surface area contributed by atoms with Crippen LogP contribution in [0, 0.1) is 0 Å². The van der Waals surface area contributed by atoms with Crippen LogP contribution in [0.4, 0.5) is 0 Å². The van der Waals surface area contributed by atoms with Crippen molar-refractivity contribution in [1.29, 1.82) is 0 Å². The third-order valence-electron chi connectivity index (χ3n) is 2.74. The van der Waals surface area contributed by atoms with Crippen molar-refractivity contribution in [1.82, 2.24) is 9.78 Å². The molecule has 7 nitrogen and oxygen atoms in total. The van der Waals surface area contributed by atoms with Crippen LogP contribution in [0.2, 0.25) is 0 Å². The summed E-state index contributed by atoms with van der Waals surface area (Å²) < 4.78 is 29.4. The number of nitrogens with two attached hydrogens (primary N) is 1. The van der Waals surface area contributed by atoms with Crippen molar-refractivity contribution in [3.05, 3.63) is 22.6 Å². The van der Waals surface area contributed by atoms with Crippen LogP contribution in [0.1, 0.15) is 20.8 Å². The van der Waals surface area contributed by atoms with E-state index in [2.05, 4.69) is 5.10 Å². The number of hydrogen-bond donors (Lipinski definition) is 1. The third kappa shape index (κ3) is 4.31. The van der Waals surface area contributed by atoms with Crippen LogP contribution in [-0.4, -0.2) is 41.8 Å². The van der Waals surface area contributed by atoms with Gasteiger partial charge < -0.3 is 10.5 Å². The van der Waals surface area contributed by atoms with Gasteiger partial charge in [-0.1, -0.05) is 0 Å². The Hall–Kier alpha value is -1.41. The lowest BCUT2D eigenvalue weighted by atomic mass is 10.3. The predicted molar refractivity (Wildman–Crippen MR) is 76.6 cm³/mol. The van der Waals surface area contributed by atoms with Gasteiger partial charge in [0.2, 0.25) is 0 Å². The fraction of sp³-hybridized carbons (Fsp3) is 0.667. The lowest BCUT2D eigenvalue weighted by molar-refractivity contribution is 0.324. The van der Waals surface area contributed by atoms with Crippen molar-refractivity contribution >= 4 is 9.84 Å². The minimum Gasteiger partial charge on any atom is -0.490 e. The molecule has 0 aliphatic heterocycles. The van der Waals surface area contributed by atoms with Crippen LogP contribution in [0.25, 0.3) is 0 Å². The average molecular weight is 303 g/mol. The molecule has 0 unspecified atom stereocenters. The zero-order chi connectivity index (χ0) is 15.4. The van der Waals surface area contributed by atoms with Gasteiger partial charge in [-0.3, -0.25) is 4.79 Å². The number of hydrogen-bond acceptors (Lipinski definition) is 6. The van der Waals surface area contributed by atoms with Crippen LogP contribution in [-0.2, 0) is 16.4 Å². The fourth-order valence-electron chi connectivity index (χ4n) is 1.35. The summed E-state index contributed by atoms with van der Waals surface area (Å²) in [6.07, 6.45) is 1.38. The van der Waals surface area contributed by atoms with E-state index >= 15 is 0 Å². The van der Waals surface area contributed by atoms with Gasteiger partial charge in [0.1, 0.15) is 12.4 Å². The van der Waals surface area contributed by atoms with Crippen LogP contribution < -0.4 is 16.0 Å². The smallest absolute Gasteiger partial charge is 0.270 e. The highest BCUT2D eigenvalue weighted by Crippen LogP contribution is 2.15. The number of aromatic nitrogens is 2. The van der Waals surface area contributed by atoms with E-state index in [1.165, 1.54) is 12.3 Å². The molecule has 0 aliphatic rings. The highest BCUT2D eigenvalue weighted by molar-refractivity contribution is 7.92. The first-order valence-electron chi connectivity index (χ1n) is 6.30. The predicted octanol–water partition coefficient (Wildman–Crippen LogP) is -0.206. The fourth-order valence-corrected chi connectivity index (χ4v) is 2.38. The maximum Gasteiger partial charge on any atom is 0.270 e. The van der Waals surface area contributed by atoms with Gasteiger partial charge in [-0.2, -0.15) is 5.10 Å². The van der Waals surface area contributed by atoms with Crippen LogP contribution in [0.5, 0.6) is 5.75 Å². The van der Waals surface area contributed by atoms with E-state index in [4.69, 9.17) is 10.5 Å².